The number of rotatable bonds is 3. The fourth-order valence-electron chi connectivity index (χ4n) is 2.53. The first kappa shape index (κ1) is 16.4. The molecule has 0 aromatic carbocycles. The number of nitrogens with one attached hydrogen (secondary N) is 1. The first-order chi connectivity index (χ1) is 10.4. The Morgan fingerprint density at radius 1 is 1.41 bits per heavy atom. The highest BCUT2D eigenvalue weighted by atomic mass is 32.1. The average molecular weight is 324 g/mol. The highest BCUT2D eigenvalue weighted by Gasteiger charge is 2.35. The molecule has 22 heavy (non-hydrogen) atoms. The van der Waals surface area contributed by atoms with Crippen molar-refractivity contribution in [2.45, 2.75) is 26.3 Å². The number of aromatic nitrogens is 1. The van der Waals surface area contributed by atoms with Crippen LogP contribution in [0.2, 0.25) is 0 Å². The van der Waals surface area contributed by atoms with Gasteiger partial charge in [0.2, 0.25) is 17.7 Å². The van der Waals surface area contributed by atoms with Crippen LogP contribution in [0, 0.1) is 6.92 Å². The van der Waals surface area contributed by atoms with E-state index in [2.05, 4.69) is 10.3 Å². The van der Waals surface area contributed by atoms with E-state index in [1.165, 1.54) is 30.2 Å². The molecule has 1 saturated heterocycles. The second-order valence-electron chi connectivity index (χ2n) is 5.22. The van der Waals surface area contributed by atoms with Crippen LogP contribution in [0.4, 0.5) is 0 Å². The maximum atomic E-state index is 12.4. The molecule has 2 rings (SSSR count). The Kier molecular flexibility index (Phi) is 5.12. The van der Waals surface area contributed by atoms with Crippen molar-refractivity contribution >= 4 is 29.1 Å². The van der Waals surface area contributed by atoms with Crippen molar-refractivity contribution in [3.05, 3.63) is 16.1 Å². The minimum absolute atomic E-state index is 0.0672. The summed E-state index contributed by atoms with van der Waals surface area (Å²) in [6.45, 7) is 4.36. The first-order valence-corrected chi connectivity index (χ1v) is 7.98. The van der Waals surface area contributed by atoms with E-state index in [0.717, 1.165) is 10.7 Å². The molecule has 1 aliphatic heterocycles. The molecule has 2 heterocycles. The number of thiazole rings is 1. The molecule has 7 nitrogen and oxygen atoms in total. The lowest BCUT2D eigenvalue weighted by molar-refractivity contribution is -0.146. The van der Waals surface area contributed by atoms with E-state index in [0.29, 0.717) is 13.1 Å². The fraction of sp³-hybridized carbons (Fsp3) is 0.571. The maximum absolute atomic E-state index is 12.4. The lowest BCUT2D eigenvalue weighted by atomic mass is 10.1. The predicted octanol–water partition coefficient (Wildman–Crippen LogP) is -0.201. The first-order valence-electron chi connectivity index (χ1n) is 7.10. The monoisotopic (exact) mass is 324 g/mol. The van der Waals surface area contributed by atoms with Gasteiger partial charge in [-0.2, -0.15) is 0 Å². The molecular formula is C14H20N4O3S. The van der Waals surface area contributed by atoms with Crippen molar-refractivity contribution in [1.82, 2.24) is 20.1 Å². The number of hydrogen-bond donors (Lipinski definition) is 1. The minimum atomic E-state index is -0.627. The van der Waals surface area contributed by atoms with Gasteiger partial charge in [0, 0.05) is 32.4 Å². The lowest BCUT2D eigenvalue weighted by Gasteiger charge is -2.39. The van der Waals surface area contributed by atoms with Crippen molar-refractivity contribution in [2.75, 3.05) is 26.7 Å². The Morgan fingerprint density at radius 3 is 2.68 bits per heavy atom. The number of piperazine rings is 1. The molecule has 1 N–H and O–H groups in total. The quantitative estimate of drug-likeness (QED) is 0.835. The van der Waals surface area contributed by atoms with Crippen LogP contribution in [-0.2, 0) is 20.8 Å². The molecule has 1 aromatic heterocycles. The second kappa shape index (κ2) is 6.87. The summed E-state index contributed by atoms with van der Waals surface area (Å²) < 4.78 is 0. The van der Waals surface area contributed by atoms with Crippen molar-refractivity contribution < 1.29 is 14.4 Å². The number of nitrogens with zero attached hydrogens (tertiary/aromatic N) is 3. The van der Waals surface area contributed by atoms with Crippen LogP contribution in [0.5, 0.6) is 0 Å². The largest absolute Gasteiger partial charge is 0.357 e. The molecule has 0 bridgehead atoms. The van der Waals surface area contributed by atoms with Gasteiger partial charge in [0.1, 0.15) is 6.04 Å². The van der Waals surface area contributed by atoms with E-state index in [-0.39, 0.29) is 30.7 Å². The fourth-order valence-corrected chi connectivity index (χ4v) is 3.15. The zero-order valence-corrected chi connectivity index (χ0v) is 13.8. The van der Waals surface area contributed by atoms with Crippen LogP contribution in [0.3, 0.4) is 0 Å². The SMILES string of the molecule is CNC(=O)[C@H]1CN(C(=O)Cc2csc(C)n2)CCN1C(C)=O. The number of carbonyl (C=O) groups excluding carboxylic acids is 3. The molecule has 3 amide bonds. The van der Waals surface area contributed by atoms with Crippen LogP contribution in [0.25, 0.3) is 0 Å². The van der Waals surface area contributed by atoms with Crippen LogP contribution < -0.4 is 5.32 Å². The molecule has 0 spiro atoms. The Hall–Kier alpha value is -1.96. The summed E-state index contributed by atoms with van der Waals surface area (Å²) in [6, 6.07) is -0.627. The number of aryl methyl sites for hydroxylation is 1. The Labute approximate surface area is 133 Å². The lowest BCUT2D eigenvalue weighted by Crippen LogP contribution is -2.61. The van der Waals surface area contributed by atoms with Crippen molar-refractivity contribution in [3.8, 4) is 0 Å². The molecule has 1 aliphatic rings. The van der Waals surface area contributed by atoms with Crippen LogP contribution >= 0.6 is 11.3 Å². The molecule has 1 atom stereocenters. The highest BCUT2D eigenvalue weighted by Crippen LogP contribution is 2.14. The third-order valence-electron chi connectivity index (χ3n) is 3.69. The summed E-state index contributed by atoms with van der Waals surface area (Å²) in [4.78, 5) is 43.4. The normalized spacial score (nSPS) is 18.2. The van der Waals surface area contributed by atoms with E-state index in [4.69, 9.17) is 0 Å². The third kappa shape index (κ3) is 3.62. The van der Waals surface area contributed by atoms with E-state index in [9.17, 15) is 14.4 Å². The summed E-state index contributed by atoms with van der Waals surface area (Å²) in [5.74, 6) is -0.476. The molecule has 0 radical (unpaired) electrons. The summed E-state index contributed by atoms with van der Waals surface area (Å²) in [5.41, 5.74) is 0.748. The van der Waals surface area contributed by atoms with E-state index >= 15 is 0 Å². The molecule has 0 unspecified atom stereocenters. The van der Waals surface area contributed by atoms with Gasteiger partial charge in [0.25, 0.3) is 0 Å². The smallest absolute Gasteiger partial charge is 0.244 e. The van der Waals surface area contributed by atoms with Gasteiger partial charge >= 0.3 is 0 Å². The van der Waals surface area contributed by atoms with Crippen LogP contribution in [0.1, 0.15) is 17.6 Å². The maximum Gasteiger partial charge on any atom is 0.244 e. The van der Waals surface area contributed by atoms with Crippen molar-refractivity contribution in [1.29, 1.82) is 0 Å². The minimum Gasteiger partial charge on any atom is -0.357 e. The van der Waals surface area contributed by atoms with Crippen LogP contribution in [0.15, 0.2) is 5.38 Å². The molecule has 1 aromatic rings. The standard InChI is InChI=1S/C14H20N4O3S/c1-9-16-11(8-22-9)6-13(20)17-4-5-18(10(2)19)12(7-17)14(21)15-3/h8,12H,4-7H2,1-3H3,(H,15,21)/t12-/m1/s1. The molecule has 8 heteroatoms. The van der Waals surface area contributed by atoms with Crippen molar-refractivity contribution in [2.24, 2.45) is 0 Å². The van der Waals surface area contributed by atoms with E-state index < -0.39 is 6.04 Å². The molecule has 0 aliphatic carbocycles. The average Bonchev–Trinajstić information content (AvgIpc) is 2.90. The molecular weight excluding hydrogens is 304 g/mol. The van der Waals surface area contributed by atoms with Gasteiger partial charge < -0.3 is 15.1 Å². The highest BCUT2D eigenvalue weighted by molar-refractivity contribution is 7.09. The van der Waals surface area contributed by atoms with Gasteiger partial charge in [-0.3, -0.25) is 14.4 Å². The zero-order chi connectivity index (χ0) is 16.3. The summed E-state index contributed by atoms with van der Waals surface area (Å²) >= 11 is 1.51. The molecule has 120 valence electrons. The Bertz CT molecular complexity index is 586. The van der Waals surface area contributed by atoms with Crippen LogP contribution in [-0.4, -0.2) is 65.2 Å². The van der Waals surface area contributed by atoms with Gasteiger partial charge in [0.15, 0.2) is 0 Å². The second-order valence-corrected chi connectivity index (χ2v) is 6.28. The van der Waals surface area contributed by atoms with Gasteiger partial charge in [-0.25, -0.2) is 4.98 Å². The zero-order valence-electron chi connectivity index (χ0n) is 13.0. The number of carbonyl (C=O) groups is 3. The Balaban J connectivity index is 2.05. The van der Waals surface area contributed by atoms with Gasteiger partial charge in [-0.1, -0.05) is 0 Å². The topological polar surface area (TPSA) is 82.6 Å². The van der Waals surface area contributed by atoms with E-state index in [1.807, 2.05) is 12.3 Å². The number of likely N-dealkylation sites (N-methyl/N-ethyl adjacent to an activating group) is 1. The van der Waals surface area contributed by atoms with Gasteiger partial charge in [0.05, 0.1) is 23.7 Å². The van der Waals surface area contributed by atoms with Gasteiger partial charge in [-0.05, 0) is 6.92 Å². The number of hydrogen-bond acceptors (Lipinski definition) is 5. The summed E-state index contributed by atoms with van der Waals surface area (Å²) in [5, 5.41) is 5.34. The van der Waals surface area contributed by atoms with Crippen molar-refractivity contribution in [3.63, 3.8) is 0 Å². The van der Waals surface area contributed by atoms with E-state index in [1.54, 1.807) is 4.90 Å². The number of amides is 3. The molecule has 1 fully saturated rings. The summed E-state index contributed by atoms with van der Waals surface area (Å²) in [7, 11) is 1.53. The predicted molar refractivity (Wildman–Crippen MR) is 82.4 cm³/mol. The summed E-state index contributed by atoms with van der Waals surface area (Å²) in [6.07, 6.45) is 0.227. The third-order valence-corrected chi connectivity index (χ3v) is 4.51. The van der Waals surface area contributed by atoms with Gasteiger partial charge in [-0.15, -0.1) is 11.3 Å². The Morgan fingerprint density at radius 2 is 2.14 bits per heavy atom. The molecule has 0 saturated carbocycles.